The minimum atomic E-state index is 0.737. The van der Waals surface area contributed by atoms with Crippen LogP contribution in [-0.4, -0.2) is 24.1 Å². The first kappa shape index (κ1) is 12.3. The van der Waals surface area contributed by atoms with E-state index in [4.69, 9.17) is 4.42 Å². The van der Waals surface area contributed by atoms with Gasteiger partial charge in [0, 0.05) is 42.0 Å². The molecule has 0 amide bonds. The fraction of sp³-hybridized carbons (Fsp3) is 0.0588. The lowest BCUT2D eigenvalue weighted by molar-refractivity contribution is 0.543. The molecule has 6 nitrogen and oxygen atoms in total. The summed E-state index contributed by atoms with van der Waals surface area (Å²) in [4.78, 5) is 12.1. The van der Waals surface area contributed by atoms with E-state index in [2.05, 4.69) is 27.1 Å². The first-order valence-electron chi connectivity index (χ1n) is 7.30. The highest BCUT2D eigenvalue weighted by molar-refractivity contribution is 6.13. The molecule has 1 N–H and O–H groups in total. The molecule has 0 spiro atoms. The third-order valence-corrected chi connectivity index (χ3v) is 4.10. The Morgan fingerprint density at radius 2 is 2.09 bits per heavy atom. The summed E-state index contributed by atoms with van der Waals surface area (Å²) in [5, 5.41) is 2.18. The molecule has 0 saturated heterocycles. The summed E-state index contributed by atoms with van der Waals surface area (Å²) in [5.74, 6) is 0.737. The van der Waals surface area contributed by atoms with Gasteiger partial charge in [-0.3, -0.25) is 4.57 Å². The average molecular weight is 303 g/mol. The lowest BCUT2D eigenvalue weighted by Crippen LogP contribution is -1.87. The van der Waals surface area contributed by atoms with Crippen LogP contribution in [0.3, 0.4) is 0 Å². The second-order valence-electron chi connectivity index (χ2n) is 5.58. The van der Waals surface area contributed by atoms with Gasteiger partial charge in [-0.15, -0.1) is 0 Å². The van der Waals surface area contributed by atoms with Gasteiger partial charge in [0.05, 0.1) is 17.5 Å². The van der Waals surface area contributed by atoms with Gasteiger partial charge in [0.2, 0.25) is 5.88 Å². The predicted molar refractivity (Wildman–Crippen MR) is 87.4 cm³/mol. The van der Waals surface area contributed by atoms with E-state index in [1.165, 1.54) is 0 Å². The number of rotatable bonds is 2. The number of fused-ring (bicyclic) bond motifs is 3. The van der Waals surface area contributed by atoms with Crippen molar-refractivity contribution in [3.63, 3.8) is 0 Å². The van der Waals surface area contributed by atoms with Crippen LogP contribution < -0.4 is 0 Å². The van der Waals surface area contributed by atoms with E-state index in [-0.39, 0.29) is 0 Å². The second-order valence-corrected chi connectivity index (χ2v) is 5.58. The zero-order chi connectivity index (χ0) is 15.4. The van der Waals surface area contributed by atoms with Gasteiger partial charge in [-0.05, 0) is 0 Å². The van der Waals surface area contributed by atoms with Crippen molar-refractivity contribution in [2.45, 2.75) is 0 Å². The Balaban J connectivity index is 1.83. The van der Waals surface area contributed by atoms with Crippen molar-refractivity contribution in [1.29, 1.82) is 0 Å². The Hall–Kier alpha value is -3.28. The topological polar surface area (TPSA) is 64.6 Å². The number of H-pyrrole nitrogens is 1. The van der Waals surface area contributed by atoms with Crippen molar-refractivity contribution in [1.82, 2.24) is 24.1 Å². The summed E-state index contributed by atoms with van der Waals surface area (Å²) in [7, 11) is 1.97. The third-order valence-electron chi connectivity index (χ3n) is 4.10. The summed E-state index contributed by atoms with van der Waals surface area (Å²) in [6.45, 7) is 0. The van der Waals surface area contributed by atoms with E-state index >= 15 is 0 Å². The van der Waals surface area contributed by atoms with Crippen molar-refractivity contribution in [2.75, 3.05) is 0 Å². The number of aromatic amines is 1. The van der Waals surface area contributed by atoms with Crippen LogP contribution in [0.5, 0.6) is 0 Å². The number of nitrogens with zero attached hydrogens (tertiary/aromatic N) is 4. The lowest BCUT2D eigenvalue weighted by Gasteiger charge is -2.00. The van der Waals surface area contributed by atoms with Crippen LogP contribution in [0.2, 0.25) is 0 Å². The summed E-state index contributed by atoms with van der Waals surface area (Å²) >= 11 is 0. The molecule has 0 bridgehead atoms. The molecule has 0 saturated carbocycles. The van der Waals surface area contributed by atoms with Gasteiger partial charge in [-0.1, -0.05) is 18.2 Å². The molecule has 0 fully saturated rings. The van der Waals surface area contributed by atoms with Gasteiger partial charge in [0.15, 0.2) is 0 Å². The summed E-state index contributed by atoms with van der Waals surface area (Å²) in [5.41, 5.74) is 4.05. The molecular weight excluding hydrogens is 290 g/mol. The van der Waals surface area contributed by atoms with E-state index in [1.807, 2.05) is 41.0 Å². The zero-order valence-corrected chi connectivity index (χ0v) is 12.4. The van der Waals surface area contributed by atoms with Crippen LogP contribution in [0.25, 0.3) is 38.9 Å². The number of aromatic nitrogens is 5. The fourth-order valence-electron chi connectivity index (χ4n) is 3.04. The molecule has 6 heteroatoms. The molecule has 1 aromatic carbocycles. The molecule has 0 radical (unpaired) electrons. The summed E-state index contributed by atoms with van der Waals surface area (Å²) in [6, 6.07) is 6.21. The van der Waals surface area contributed by atoms with Gasteiger partial charge in [-0.2, -0.15) is 0 Å². The number of hydrogen-bond acceptors (Lipinski definition) is 3. The van der Waals surface area contributed by atoms with Crippen LogP contribution >= 0.6 is 0 Å². The number of benzene rings is 1. The molecule has 0 aliphatic rings. The van der Waals surface area contributed by atoms with Gasteiger partial charge < -0.3 is 14.0 Å². The minimum Gasteiger partial charge on any atom is -0.445 e. The average Bonchev–Trinajstić information content (AvgIpc) is 3.30. The normalized spacial score (nSPS) is 11.7. The molecule has 0 unspecified atom stereocenters. The van der Waals surface area contributed by atoms with E-state index < -0.39 is 0 Å². The molecule has 0 aliphatic carbocycles. The molecule has 0 aliphatic heterocycles. The van der Waals surface area contributed by atoms with Gasteiger partial charge in [0.25, 0.3) is 0 Å². The van der Waals surface area contributed by atoms with Crippen LogP contribution in [0.1, 0.15) is 0 Å². The van der Waals surface area contributed by atoms with Crippen molar-refractivity contribution in [3.8, 4) is 17.1 Å². The fourth-order valence-corrected chi connectivity index (χ4v) is 3.04. The molecule has 23 heavy (non-hydrogen) atoms. The molecular formula is C17H13N5O. The summed E-state index contributed by atoms with van der Waals surface area (Å²) in [6.07, 6.45) is 10.9. The van der Waals surface area contributed by atoms with Crippen LogP contribution in [-0.2, 0) is 7.05 Å². The lowest BCUT2D eigenvalue weighted by atomic mass is 10.1. The van der Waals surface area contributed by atoms with Gasteiger partial charge in [-0.25, -0.2) is 9.97 Å². The Morgan fingerprint density at radius 1 is 1.13 bits per heavy atom. The highest BCUT2D eigenvalue weighted by atomic mass is 16.3. The monoisotopic (exact) mass is 303 g/mol. The number of hydrogen-bond donors (Lipinski definition) is 1. The minimum absolute atomic E-state index is 0.737. The Morgan fingerprint density at radius 3 is 2.87 bits per heavy atom. The highest BCUT2D eigenvalue weighted by Gasteiger charge is 2.16. The second kappa shape index (κ2) is 4.36. The third kappa shape index (κ3) is 1.69. The molecule has 5 rings (SSSR count). The van der Waals surface area contributed by atoms with E-state index in [0.717, 1.165) is 38.9 Å². The maximum atomic E-state index is 5.73. The van der Waals surface area contributed by atoms with E-state index in [0.29, 0.717) is 0 Å². The van der Waals surface area contributed by atoms with Crippen LogP contribution in [0, 0.1) is 0 Å². The quantitative estimate of drug-likeness (QED) is 0.543. The summed E-state index contributed by atoms with van der Waals surface area (Å²) < 4.78 is 9.54. The van der Waals surface area contributed by atoms with Crippen LogP contribution in [0.4, 0.5) is 0 Å². The highest BCUT2D eigenvalue weighted by Crippen LogP contribution is 2.35. The van der Waals surface area contributed by atoms with Crippen molar-refractivity contribution < 1.29 is 4.42 Å². The van der Waals surface area contributed by atoms with Gasteiger partial charge in [0.1, 0.15) is 18.1 Å². The predicted octanol–water partition coefficient (Wildman–Crippen LogP) is 3.50. The largest absolute Gasteiger partial charge is 0.445 e. The Kier molecular flexibility index (Phi) is 2.33. The van der Waals surface area contributed by atoms with Crippen molar-refractivity contribution in [2.24, 2.45) is 7.05 Å². The molecule has 5 aromatic rings. The van der Waals surface area contributed by atoms with E-state index in [1.54, 1.807) is 18.8 Å². The zero-order valence-electron chi connectivity index (χ0n) is 12.4. The Labute approximate surface area is 131 Å². The van der Waals surface area contributed by atoms with Gasteiger partial charge >= 0.3 is 0 Å². The van der Waals surface area contributed by atoms with Crippen molar-refractivity contribution in [3.05, 3.63) is 55.7 Å². The van der Waals surface area contributed by atoms with E-state index in [9.17, 15) is 0 Å². The number of para-hydroxylation sites is 1. The standard InChI is InChI=1S/C17H13N5O/c1-21-7-14(19-10-21)12-4-2-3-11-13-8-23-17(16(13)20-15(11)12)22-6-5-18-9-22/h2-10,20H,1H3. The number of furan rings is 1. The first-order valence-corrected chi connectivity index (χ1v) is 7.30. The van der Waals surface area contributed by atoms with Crippen LogP contribution in [0.15, 0.2) is 60.1 Å². The molecule has 4 aromatic heterocycles. The molecule has 4 heterocycles. The van der Waals surface area contributed by atoms with Crippen molar-refractivity contribution >= 4 is 21.8 Å². The first-order chi connectivity index (χ1) is 11.3. The number of aryl methyl sites for hydroxylation is 1. The maximum Gasteiger partial charge on any atom is 0.229 e. The Bertz CT molecular complexity index is 1130. The number of nitrogens with one attached hydrogen (secondary N) is 1. The maximum absolute atomic E-state index is 5.73. The SMILES string of the molecule is Cn1cnc(-c2cccc3c2[nH]c2c(-n4ccnc4)occ23)c1. The number of imidazole rings is 2. The molecule has 112 valence electrons. The molecule has 0 atom stereocenters. The smallest absolute Gasteiger partial charge is 0.229 e.